The molecule has 0 atom stereocenters. The predicted molar refractivity (Wildman–Crippen MR) is 58.5 cm³/mol. The van der Waals surface area contributed by atoms with Gasteiger partial charge in [-0.15, -0.1) is 5.10 Å². The molecule has 1 aromatic heterocycles. The van der Waals surface area contributed by atoms with Crippen molar-refractivity contribution < 1.29 is 0 Å². The minimum atomic E-state index is 0.513. The molecule has 4 nitrogen and oxygen atoms in total. The average Bonchev–Trinajstić information content (AvgIpc) is 3.04. The molecule has 0 aromatic carbocycles. The van der Waals surface area contributed by atoms with Crippen LogP contribution in [0.2, 0.25) is 0 Å². The Morgan fingerprint density at radius 2 is 1.80 bits per heavy atom. The molecule has 1 aromatic rings. The summed E-state index contributed by atoms with van der Waals surface area (Å²) in [5.74, 6) is 1.45. The zero-order chi connectivity index (χ0) is 10.3. The maximum Gasteiger partial charge on any atom is 0.146 e. The molecule has 0 amide bonds. The number of nitrogen functional groups attached to an aromatic ring is 1. The standard InChI is InChI=1S/C11H18N4/c12-11-10(8-6-7-8)13-14-15(11)9-4-2-1-3-5-9/h8-9H,1-7,12H2. The summed E-state index contributed by atoms with van der Waals surface area (Å²) >= 11 is 0. The van der Waals surface area contributed by atoms with Gasteiger partial charge in [-0.05, 0) is 25.7 Å². The summed E-state index contributed by atoms with van der Waals surface area (Å²) in [5, 5.41) is 8.48. The summed E-state index contributed by atoms with van der Waals surface area (Å²) in [7, 11) is 0. The Bertz CT molecular complexity index is 347. The quantitative estimate of drug-likeness (QED) is 0.807. The van der Waals surface area contributed by atoms with Crippen LogP contribution in [0.3, 0.4) is 0 Å². The monoisotopic (exact) mass is 206 g/mol. The van der Waals surface area contributed by atoms with Crippen LogP contribution in [0.1, 0.15) is 62.6 Å². The molecule has 2 N–H and O–H groups in total. The van der Waals surface area contributed by atoms with Gasteiger partial charge in [-0.25, -0.2) is 4.68 Å². The van der Waals surface area contributed by atoms with E-state index in [-0.39, 0.29) is 0 Å². The van der Waals surface area contributed by atoms with E-state index in [1.165, 1.54) is 44.9 Å². The second-order valence-electron chi connectivity index (χ2n) is 4.87. The van der Waals surface area contributed by atoms with Crippen molar-refractivity contribution in [1.82, 2.24) is 15.0 Å². The van der Waals surface area contributed by atoms with Crippen molar-refractivity contribution in [2.24, 2.45) is 0 Å². The van der Waals surface area contributed by atoms with Gasteiger partial charge in [0.25, 0.3) is 0 Å². The van der Waals surface area contributed by atoms with Crippen molar-refractivity contribution >= 4 is 5.82 Å². The van der Waals surface area contributed by atoms with E-state index in [1.54, 1.807) is 0 Å². The normalized spacial score (nSPS) is 23.2. The van der Waals surface area contributed by atoms with E-state index in [0.29, 0.717) is 12.0 Å². The third-order valence-corrected chi connectivity index (χ3v) is 3.64. The highest BCUT2D eigenvalue weighted by Gasteiger charge is 2.31. The van der Waals surface area contributed by atoms with Gasteiger partial charge in [-0.1, -0.05) is 24.5 Å². The topological polar surface area (TPSA) is 56.7 Å². The fourth-order valence-corrected chi connectivity index (χ4v) is 2.56. The molecule has 2 fully saturated rings. The molecular formula is C11H18N4. The highest BCUT2D eigenvalue weighted by molar-refractivity contribution is 5.39. The molecule has 15 heavy (non-hydrogen) atoms. The molecule has 2 aliphatic rings. The molecule has 0 aliphatic heterocycles. The van der Waals surface area contributed by atoms with Gasteiger partial charge in [-0.2, -0.15) is 0 Å². The zero-order valence-electron chi connectivity index (χ0n) is 9.02. The second-order valence-corrected chi connectivity index (χ2v) is 4.87. The molecule has 3 rings (SSSR count). The van der Waals surface area contributed by atoms with Crippen LogP contribution >= 0.6 is 0 Å². The van der Waals surface area contributed by atoms with Crippen LogP contribution in [0.25, 0.3) is 0 Å². The predicted octanol–water partition coefficient (Wildman–Crippen LogP) is 2.24. The van der Waals surface area contributed by atoms with Crippen molar-refractivity contribution in [2.45, 2.75) is 56.9 Å². The smallest absolute Gasteiger partial charge is 0.146 e. The van der Waals surface area contributed by atoms with Crippen LogP contribution in [-0.4, -0.2) is 15.0 Å². The van der Waals surface area contributed by atoms with Crippen LogP contribution < -0.4 is 5.73 Å². The van der Waals surface area contributed by atoms with E-state index in [4.69, 9.17) is 5.73 Å². The molecule has 82 valence electrons. The summed E-state index contributed by atoms with van der Waals surface area (Å²) in [6.45, 7) is 0. The first-order valence-corrected chi connectivity index (χ1v) is 6.07. The van der Waals surface area contributed by atoms with Gasteiger partial charge in [-0.3, -0.25) is 0 Å². The molecule has 2 saturated carbocycles. The number of rotatable bonds is 2. The van der Waals surface area contributed by atoms with E-state index in [1.807, 2.05) is 4.68 Å². The van der Waals surface area contributed by atoms with Gasteiger partial charge < -0.3 is 5.73 Å². The Labute approximate surface area is 89.8 Å². The molecular weight excluding hydrogens is 188 g/mol. The molecule has 0 unspecified atom stereocenters. The summed E-state index contributed by atoms with van der Waals surface area (Å²) in [5.41, 5.74) is 7.17. The first-order valence-electron chi connectivity index (χ1n) is 6.07. The lowest BCUT2D eigenvalue weighted by atomic mass is 9.95. The largest absolute Gasteiger partial charge is 0.382 e. The minimum absolute atomic E-state index is 0.513. The zero-order valence-corrected chi connectivity index (χ0v) is 9.02. The molecule has 4 heteroatoms. The number of anilines is 1. The van der Waals surface area contributed by atoms with Crippen molar-refractivity contribution in [3.8, 4) is 0 Å². The van der Waals surface area contributed by atoms with Crippen LogP contribution in [-0.2, 0) is 0 Å². The number of hydrogen-bond acceptors (Lipinski definition) is 3. The fourth-order valence-electron chi connectivity index (χ4n) is 2.56. The number of nitrogens with two attached hydrogens (primary N) is 1. The van der Waals surface area contributed by atoms with Gasteiger partial charge in [0.05, 0.1) is 6.04 Å². The van der Waals surface area contributed by atoms with Gasteiger partial charge >= 0.3 is 0 Å². The van der Waals surface area contributed by atoms with Crippen LogP contribution in [0, 0.1) is 0 Å². The number of nitrogens with zero attached hydrogens (tertiary/aromatic N) is 3. The molecule has 0 radical (unpaired) electrons. The lowest BCUT2D eigenvalue weighted by Crippen LogP contribution is -2.16. The van der Waals surface area contributed by atoms with Gasteiger partial charge in [0.1, 0.15) is 11.5 Å². The minimum Gasteiger partial charge on any atom is -0.382 e. The van der Waals surface area contributed by atoms with Crippen molar-refractivity contribution in [1.29, 1.82) is 0 Å². The van der Waals surface area contributed by atoms with E-state index in [9.17, 15) is 0 Å². The van der Waals surface area contributed by atoms with Gasteiger partial charge in [0.2, 0.25) is 0 Å². The van der Waals surface area contributed by atoms with Crippen LogP contribution in [0.4, 0.5) is 5.82 Å². The molecule has 0 saturated heterocycles. The maximum atomic E-state index is 6.11. The SMILES string of the molecule is Nc1c(C2CC2)nnn1C1CCCCC1. The van der Waals surface area contributed by atoms with E-state index in [2.05, 4.69) is 10.3 Å². The first kappa shape index (κ1) is 9.19. The molecule has 0 spiro atoms. The summed E-state index contributed by atoms with van der Waals surface area (Å²) < 4.78 is 1.98. The number of aromatic nitrogens is 3. The third kappa shape index (κ3) is 1.62. The van der Waals surface area contributed by atoms with E-state index >= 15 is 0 Å². The van der Waals surface area contributed by atoms with Crippen molar-refractivity contribution in [3.63, 3.8) is 0 Å². The van der Waals surface area contributed by atoms with Crippen molar-refractivity contribution in [3.05, 3.63) is 5.69 Å². The summed E-state index contributed by atoms with van der Waals surface area (Å²) in [6.07, 6.45) is 8.91. The second kappa shape index (κ2) is 3.51. The highest BCUT2D eigenvalue weighted by atomic mass is 15.5. The van der Waals surface area contributed by atoms with Crippen molar-refractivity contribution in [2.75, 3.05) is 5.73 Å². The Balaban J connectivity index is 1.83. The van der Waals surface area contributed by atoms with Gasteiger partial charge in [0.15, 0.2) is 0 Å². The number of hydrogen-bond donors (Lipinski definition) is 1. The first-order chi connectivity index (χ1) is 7.36. The fraction of sp³-hybridized carbons (Fsp3) is 0.818. The molecule has 0 bridgehead atoms. The molecule has 2 aliphatic carbocycles. The Morgan fingerprint density at radius 3 is 2.47 bits per heavy atom. The van der Waals surface area contributed by atoms with Crippen LogP contribution in [0.5, 0.6) is 0 Å². The Hall–Kier alpha value is -1.06. The highest BCUT2D eigenvalue weighted by Crippen LogP contribution is 2.42. The van der Waals surface area contributed by atoms with E-state index in [0.717, 1.165) is 11.5 Å². The van der Waals surface area contributed by atoms with E-state index < -0.39 is 0 Å². The van der Waals surface area contributed by atoms with Crippen LogP contribution in [0.15, 0.2) is 0 Å². The Kier molecular flexibility index (Phi) is 2.15. The van der Waals surface area contributed by atoms with Gasteiger partial charge in [0, 0.05) is 5.92 Å². The summed E-state index contributed by atoms with van der Waals surface area (Å²) in [6, 6.07) is 0.513. The summed E-state index contributed by atoms with van der Waals surface area (Å²) in [4.78, 5) is 0. The maximum absolute atomic E-state index is 6.11. The third-order valence-electron chi connectivity index (χ3n) is 3.64. The molecule has 1 heterocycles. The lowest BCUT2D eigenvalue weighted by molar-refractivity contribution is 0.328. The Morgan fingerprint density at radius 1 is 1.07 bits per heavy atom. The lowest BCUT2D eigenvalue weighted by Gasteiger charge is -2.22. The average molecular weight is 206 g/mol.